The van der Waals surface area contributed by atoms with Crippen molar-refractivity contribution in [3.8, 4) is 0 Å². The first-order chi connectivity index (χ1) is 10.2. The van der Waals surface area contributed by atoms with Gasteiger partial charge in [-0.2, -0.15) is 0 Å². The summed E-state index contributed by atoms with van der Waals surface area (Å²) in [6.45, 7) is 4.67. The molecule has 0 unspecified atom stereocenters. The summed E-state index contributed by atoms with van der Waals surface area (Å²) in [5.74, 6) is 0.975. The van der Waals surface area contributed by atoms with Gasteiger partial charge < -0.3 is 8.98 Å². The molecule has 0 saturated carbocycles. The van der Waals surface area contributed by atoms with E-state index < -0.39 is 0 Å². The fraction of sp³-hybridized carbons (Fsp3) is 0.250. The van der Waals surface area contributed by atoms with E-state index in [-0.39, 0.29) is 5.91 Å². The maximum absolute atomic E-state index is 12.3. The molecule has 0 aliphatic carbocycles. The Hall–Kier alpha value is -2.56. The molecule has 1 amide bonds. The summed E-state index contributed by atoms with van der Waals surface area (Å²) in [5.41, 5.74) is 2.44. The molecular weight excluding hydrogens is 266 g/mol. The van der Waals surface area contributed by atoms with Crippen molar-refractivity contribution in [1.82, 2.24) is 9.55 Å². The molecule has 21 heavy (non-hydrogen) atoms. The third-order valence-corrected chi connectivity index (χ3v) is 3.43. The highest BCUT2D eigenvalue weighted by Crippen LogP contribution is 2.21. The zero-order valence-electron chi connectivity index (χ0n) is 12.1. The molecule has 0 bridgehead atoms. The summed E-state index contributed by atoms with van der Waals surface area (Å²) < 4.78 is 7.20. The van der Waals surface area contributed by atoms with E-state index in [0.717, 1.165) is 24.0 Å². The quantitative estimate of drug-likeness (QED) is 0.795. The van der Waals surface area contributed by atoms with Crippen LogP contribution in [0.4, 0.5) is 5.95 Å². The van der Waals surface area contributed by atoms with Gasteiger partial charge in [-0.25, -0.2) is 4.98 Å². The zero-order chi connectivity index (χ0) is 14.8. The molecular formula is C16H17N3O2. The number of amides is 1. The Balaban J connectivity index is 1.98. The first-order valence-corrected chi connectivity index (χ1v) is 7.01. The number of furan rings is 1. The van der Waals surface area contributed by atoms with Crippen LogP contribution in [0.5, 0.6) is 0 Å². The molecule has 2 aromatic heterocycles. The highest BCUT2D eigenvalue weighted by atomic mass is 16.3. The minimum Gasteiger partial charge on any atom is -0.469 e. The number of para-hydroxylation sites is 2. The fourth-order valence-corrected chi connectivity index (χ4v) is 2.41. The van der Waals surface area contributed by atoms with Crippen molar-refractivity contribution in [3.05, 3.63) is 47.9 Å². The summed E-state index contributed by atoms with van der Waals surface area (Å²) in [7, 11) is 0. The number of imidazole rings is 1. The normalized spacial score (nSPS) is 11.0. The number of nitrogens with zero attached hydrogens (tertiary/aromatic N) is 2. The second-order valence-corrected chi connectivity index (χ2v) is 4.92. The third kappa shape index (κ3) is 2.42. The number of rotatable bonds is 4. The van der Waals surface area contributed by atoms with Crippen LogP contribution in [0.25, 0.3) is 11.0 Å². The van der Waals surface area contributed by atoms with Gasteiger partial charge in [0.1, 0.15) is 5.76 Å². The van der Waals surface area contributed by atoms with Gasteiger partial charge in [-0.1, -0.05) is 19.1 Å². The van der Waals surface area contributed by atoms with Gasteiger partial charge in [0.2, 0.25) is 5.95 Å². The van der Waals surface area contributed by atoms with Crippen molar-refractivity contribution in [2.45, 2.75) is 26.8 Å². The molecule has 0 fully saturated rings. The van der Waals surface area contributed by atoms with Crippen LogP contribution in [0.2, 0.25) is 0 Å². The van der Waals surface area contributed by atoms with Gasteiger partial charge >= 0.3 is 0 Å². The molecule has 0 spiro atoms. The van der Waals surface area contributed by atoms with Crippen molar-refractivity contribution >= 4 is 22.9 Å². The van der Waals surface area contributed by atoms with Crippen molar-refractivity contribution < 1.29 is 9.21 Å². The smallest absolute Gasteiger partial charge is 0.261 e. The van der Waals surface area contributed by atoms with Gasteiger partial charge in [-0.05, 0) is 31.5 Å². The van der Waals surface area contributed by atoms with Crippen LogP contribution in [0, 0.1) is 6.92 Å². The van der Waals surface area contributed by atoms with E-state index in [0.29, 0.717) is 17.3 Å². The van der Waals surface area contributed by atoms with Gasteiger partial charge in [0.25, 0.3) is 5.91 Å². The first-order valence-electron chi connectivity index (χ1n) is 7.01. The molecule has 1 N–H and O–H groups in total. The van der Waals surface area contributed by atoms with Crippen molar-refractivity contribution in [1.29, 1.82) is 0 Å². The van der Waals surface area contributed by atoms with Crippen LogP contribution < -0.4 is 5.32 Å². The van der Waals surface area contributed by atoms with E-state index in [1.165, 1.54) is 6.26 Å². The molecule has 108 valence electrons. The standard InChI is InChI=1S/C16H17N3O2/c1-3-9-19-14-7-5-4-6-13(14)17-16(19)18-15(20)12-8-10-21-11(12)2/h4-8,10H,3,9H2,1-2H3,(H,17,18,20). The lowest BCUT2D eigenvalue weighted by atomic mass is 10.2. The number of carbonyl (C=O) groups excluding carboxylic acids is 1. The maximum atomic E-state index is 12.3. The molecule has 3 aromatic rings. The van der Waals surface area contributed by atoms with E-state index >= 15 is 0 Å². The lowest BCUT2D eigenvalue weighted by Gasteiger charge is -2.08. The number of carbonyl (C=O) groups is 1. The molecule has 0 atom stereocenters. The number of benzene rings is 1. The van der Waals surface area contributed by atoms with Crippen molar-refractivity contribution in [2.24, 2.45) is 0 Å². The Labute approximate surface area is 122 Å². The molecule has 1 aromatic carbocycles. The second kappa shape index (κ2) is 5.44. The predicted octanol–water partition coefficient (Wildman–Crippen LogP) is 3.60. The molecule has 2 heterocycles. The molecule has 5 heteroatoms. The van der Waals surface area contributed by atoms with Crippen molar-refractivity contribution in [2.75, 3.05) is 5.32 Å². The average molecular weight is 283 g/mol. The zero-order valence-corrected chi connectivity index (χ0v) is 12.1. The minimum absolute atomic E-state index is 0.200. The van der Waals surface area contributed by atoms with Gasteiger partial charge in [0.05, 0.1) is 22.9 Å². The Morgan fingerprint density at radius 3 is 2.86 bits per heavy atom. The number of aromatic nitrogens is 2. The number of anilines is 1. The molecule has 5 nitrogen and oxygen atoms in total. The number of hydrogen-bond donors (Lipinski definition) is 1. The van der Waals surface area contributed by atoms with E-state index in [9.17, 15) is 4.79 Å². The lowest BCUT2D eigenvalue weighted by Crippen LogP contribution is -2.16. The Morgan fingerprint density at radius 1 is 1.33 bits per heavy atom. The van der Waals surface area contributed by atoms with Crippen LogP contribution in [-0.2, 0) is 6.54 Å². The van der Waals surface area contributed by atoms with E-state index in [1.54, 1.807) is 13.0 Å². The van der Waals surface area contributed by atoms with Crippen molar-refractivity contribution in [3.63, 3.8) is 0 Å². The van der Waals surface area contributed by atoms with E-state index in [2.05, 4.69) is 17.2 Å². The summed E-state index contributed by atoms with van der Waals surface area (Å²) in [5, 5.41) is 2.88. The monoisotopic (exact) mass is 283 g/mol. The van der Waals surface area contributed by atoms with E-state index in [4.69, 9.17) is 4.42 Å². The summed E-state index contributed by atoms with van der Waals surface area (Å²) in [6, 6.07) is 9.54. The van der Waals surface area contributed by atoms with Crippen LogP contribution in [0.3, 0.4) is 0 Å². The van der Waals surface area contributed by atoms with Gasteiger partial charge in [0, 0.05) is 6.54 Å². The van der Waals surface area contributed by atoms with Crippen LogP contribution >= 0.6 is 0 Å². The lowest BCUT2D eigenvalue weighted by molar-refractivity contribution is 0.102. The molecule has 3 rings (SSSR count). The topological polar surface area (TPSA) is 60.1 Å². The number of hydrogen-bond acceptors (Lipinski definition) is 3. The highest BCUT2D eigenvalue weighted by molar-refractivity contribution is 6.04. The molecule has 0 radical (unpaired) electrons. The number of fused-ring (bicyclic) bond motifs is 1. The van der Waals surface area contributed by atoms with Gasteiger partial charge in [0.15, 0.2) is 0 Å². The van der Waals surface area contributed by atoms with Crippen LogP contribution in [-0.4, -0.2) is 15.5 Å². The van der Waals surface area contributed by atoms with Crippen LogP contribution in [0.1, 0.15) is 29.5 Å². The molecule has 0 saturated heterocycles. The summed E-state index contributed by atoms with van der Waals surface area (Å²) in [4.78, 5) is 16.8. The number of nitrogens with one attached hydrogen (secondary N) is 1. The SMILES string of the molecule is CCCn1c(NC(=O)c2ccoc2C)nc2ccccc21. The maximum Gasteiger partial charge on any atom is 0.261 e. The van der Waals surface area contributed by atoms with Gasteiger partial charge in [-0.15, -0.1) is 0 Å². The Morgan fingerprint density at radius 2 is 2.14 bits per heavy atom. The first kappa shape index (κ1) is 13.4. The van der Waals surface area contributed by atoms with Gasteiger partial charge in [-0.3, -0.25) is 10.1 Å². The minimum atomic E-state index is -0.200. The average Bonchev–Trinajstić information content (AvgIpc) is 3.04. The van der Waals surface area contributed by atoms with E-state index in [1.807, 2.05) is 28.8 Å². The second-order valence-electron chi connectivity index (χ2n) is 4.92. The largest absolute Gasteiger partial charge is 0.469 e. The predicted molar refractivity (Wildman–Crippen MR) is 81.4 cm³/mol. The molecule has 0 aliphatic rings. The molecule has 0 aliphatic heterocycles. The highest BCUT2D eigenvalue weighted by Gasteiger charge is 2.16. The van der Waals surface area contributed by atoms with Crippen LogP contribution in [0.15, 0.2) is 41.0 Å². The summed E-state index contributed by atoms with van der Waals surface area (Å²) in [6.07, 6.45) is 2.48. The third-order valence-electron chi connectivity index (χ3n) is 3.43. The number of aryl methyl sites for hydroxylation is 2. The Kier molecular flexibility index (Phi) is 3.48. The fourth-order valence-electron chi connectivity index (χ4n) is 2.41. The summed E-state index contributed by atoms with van der Waals surface area (Å²) >= 11 is 0. The Bertz CT molecular complexity index is 786.